The van der Waals surface area contributed by atoms with E-state index >= 15 is 0 Å². The van der Waals surface area contributed by atoms with Crippen molar-refractivity contribution in [2.24, 2.45) is 0 Å². The minimum atomic E-state index is 1.02. The minimum Gasteiger partial charge on any atom is -0.455 e. The number of rotatable bonds is 2. The molecule has 35 heavy (non-hydrogen) atoms. The lowest BCUT2D eigenvalue weighted by molar-refractivity contribution is 0.595. The number of benzene rings is 4. The van der Waals surface area contributed by atoms with Crippen LogP contribution in [0.2, 0.25) is 0 Å². The van der Waals surface area contributed by atoms with Gasteiger partial charge in [-0.15, -0.1) is 0 Å². The van der Waals surface area contributed by atoms with Gasteiger partial charge in [0.1, 0.15) is 11.5 Å². The third kappa shape index (κ3) is 3.54. The summed E-state index contributed by atoms with van der Waals surface area (Å²) in [4.78, 5) is 0. The van der Waals surface area contributed by atoms with E-state index in [0.29, 0.717) is 0 Å². The van der Waals surface area contributed by atoms with Crippen molar-refractivity contribution >= 4 is 0 Å². The zero-order valence-corrected chi connectivity index (χ0v) is 19.9. The van der Waals surface area contributed by atoms with Gasteiger partial charge in [0.2, 0.25) is 0 Å². The summed E-state index contributed by atoms with van der Waals surface area (Å²) in [7, 11) is 0. The van der Waals surface area contributed by atoms with E-state index in [1.807, 2.05) is 0 Å². The van der Waals surface area contributed by atoms with Crippen LogP contribution in [0.4, 0.5) is 0 Å². The van der Waals surface area contributed by atoms with Crippen LogP contribution in [0.3, 0.4) is 0 Å². The fourth-order valence-electron chi connectivity index (χ4n) is 6.04. The Morgan fingerprint density at radius 3 is 1.60 bits per heavy atom. The van der Waals surface area contributed by atoms with Crippen LogP contribution in [0, 0.1) is 0 Å². The Morgan fingerprint density at radius 1 is 0.400 bits per heavy atom. The van der Waals surface area contributed by atoms with Crippen LogP contribution in [0.25, 0.3) is 33.8 Å². The van der Waals surface area contributed by atoms with E-state index in [0.717, 1.165) is 55.6 Å². The molecular formula is C34H28O. The van der Waals surface area contributed by atoms with Gasteiger partial charge >= 0.3 is 0 Å². The third-order valence-electron chi connectivity index (χ3n) is 7.84. The largest absolute Gasteiger partial charge is 0.455 e. The summed E-state index contributed by atoms with van der Waals surface area (Å²) in [6.45, 7) is 0. The van der Waals surface area contributed by atoms with Crippen LogP contribution < -0.4 is 0 Å². The summed E-state index contributed by atoms with van der Waals surface area (Å²) in [5.41, 5.74) is 13.8. The highest BCUT2D eigenvalue weighted by Gasteiger charge is 2.31. The van der Waals surface area contributed by atoms with Crippen molar-refractivity contribution in [2.45, 2.75) is 38.5 Å². The molecule has 1 heteroatoms. The van der Waals surface area contributed by atoms with Gasteiger partial charge in [0.25, 0.3) is 0 Å². The molecule has 170 valence electrons. The Bertz CT molecular complexity index is 1510. The smallest absolute Gasteiger partial charge is 0.142 e. The molecule has 0 unspecified atom stereocenters. The topological polar surface area (TPSA) is 13.1 Å². The van der Waals surface area contributed by atoms with Crippen molar-refractivity contribution in [1.82, 2.24) is 0 Å². The number of hydrogen-bond acceptors (Lipinski definition) is 1. The van der Waals surface area contributed by atoms with Crippen LogP contribution in [0.5, 0.6) is 0 Å². The summed E-state index contributed by atoms with van der Waals surface area (Å²) >= 11 is 0. The van der Waals surface area contributed by atoms with Gasteiger partial charge in [-0.1, -0.05) is 97.1 Å². The average Bonchev–Trinajstić information content (AvgIpc) is 3.31. The van der Waals surface area contributed by atoms with Gasteiger partial charge in [0, 0.05) is 22.3 Å². The van der Waals surface area contributed by atoms with Gasteiger partial charge < -0.3 is 4.42 Å². The van der Waals surface area contributed by atoms with E-state index in [1.54, 1.807) is 5.56 Å². The second-order valence-electron chi connectivity index (χ2n) is 9.90. The fourth-order valence-corrected chi connectivity index (χ4v) is 6.04. The first-order chi connectivity index (χ1) is 17.3. The van der Waals surface area contributed by atoms with E-state index < -0.39 is 0 Å². The molecule has 1 aromatic heterocycles. The summed E-state index contributed by atoms with van der Waals surface area (Å²) < 4.78 is 6.81. The first kappa shape index (κ1) is 20.5. The Morgan fingerprint density at radius 2 is 0.943 bits per heavy atom. The predicted molar refractivity (Wildman–Crippen MR) is 144 cm³/mol. The van der Waals surface area contributed by atoms with E-state index in [-0.39, 0.29) is 0 Å². The maximum absolute atomic E-state index is 6.81. The second-order valence-corrected chi connectivity index (χ2v) is 9.90. The molecule has 1 nitrogen and oxygen atoms in total. The maximum Gasteiger partial charge on any atom is 0.142 e. The highest BCUT2D eigenvalue weighted by Crippen LogP contribution is 2.49. The number of aryl methyl sites for hydroxylation is 4. The summed E-state index contributed by atoms with van der Waals surface area (Å²) in [5, 5.41) is 0. The van der Waals surface area contributed by atoms with Crippen molar-refractivity contribution < 1.29 is 4.42 Å². The standard InChI is InChI=1S/C34H28O/c1-3-7-27(8-4-1)33-30-22-21-29-25-17-15-23-11-13-24(14-12-23)16-18-26(20-19-25)31(29)32(30)34(35-33)28-9-5-2-6-10-28/h1-14,19-20H,15-18,21-22H2. The molecular weight excluding hydrogens is 424 g/mol. The molecule has 4 aromatic carbocycles. The second kappa shape index (κ2) is 8.43. The molecule has 0 radical (unpaired) electrons. The summed E-state index contributed by atoms with van der Waals surface area (Å²) in [6, 6.07) is 35.4. The Hall–Kier alpha value is -3.84. The third-order valence-corrected chi connectivity index (χ3v) is 7.84. The van der Waals surface area contributed by atoms with Crippen molar-refractivity contribution in [3.05, 3.63) is 130 Å². The molecule has 10 rings (SSSR count). The van der Waals surface area contributed by atoms with Gasteiger partial charge in [-0.05, 0) is 71.9 Å². The lowest BCUT2D eigenvalue weighted by Gasteiger charge is -2.25. The molecule has 0 N–H and O–H groups in total. The minimum absolute atomic E-state index is 1.02. The number of furan rings is 1. The summed E-state index contributed by atoms with van der Waals surface area (Å²) in [5.74, 6) is 2.06. The zero-order chi connectivity index (χ0) is 23.2. The molecule has 5 aliphatic rings. The van der Waals surface area contributed by atoms with Gasteiger partial charge in [-0.2, -0.15) is 0 Å². The monoisotopic (exact) mass is 452 g/mol. The molecule has 0 atom stereocenters. The van der Waals surface area contributed by atoms with Gasteiger partial charge in [0.15, 0.2) is 0 Å². The summed E-state index contributed by atoms with van der Waals surface area (Å²) in [6.07, 6.45) is 6.38. The van der Waals surface area contributed by atoms with Crippen LogP contribution >= 0.6 is 0 Å². The molecule has 0 fully saturated rings. The van der Waals surface area contributed by atoms with Gasteiger partial charge in [-0.25, -0.2) is 0 Å². The normalized spacial score (nSPS) is 14.2. The molecule has 0 saturated carbocycles. The molecule has 0 amide bonds. The Labute approximate surface area is 207 Å². The lowest BCUT2D eigenvalue weighted by Crippen LogP contribution is -2.11. The molecule has 0 saturated heterocycles. The lowest BCUT2D eigenvalue weighted by atomic mass is 9.77. The van der Waals surface area contributed by atoms with E-state index in [4.69, 9.17) is 4.42 Å². The number of fused-ring (bicyclic) bond motifs is 1. The molecule has 0 aliphatic heterocycles. The fraction of sp³-hybridized carbons (Fsp3) is 0.176. The van der Waals surface area contributed by atoms with Crippen LogP contribution in [-0.4, -0.2) is 0 Å². The van der Waals surface area contributed by atoms with Crippen LogP contribution in [0.1, 0.15) is 33.4 Å². The van der Waals surface area contributed by atoms with Crippen LogP contribution in [-0.2, 0) is 38.5 Å². The first-order valence-corrected chi connectivity index (χ1v) is 12.8. The predicted octanol–water partition coefficient (Wildman–Crippen LogP) is 8.26. The van der Waals surface area contributed by atoms with Crippen molar-refractivity contribution in [1.29, 1.82) is 0 Å². The highest BCUT2D eigenvalue weighted by atomic mass is 16.3. The molecule has 0 spiro atoms. The molecule has 5 aromatic rings. The van der Waals surface area contributed by atoms with Crippen molar-refractivity contribution in [3.63, 3.8) is 0 Å². The van der Waals surface area contributed by atoms with E-state index in [1.165, 1.54) is 44.5 Å². The Balaban J connectivity index is 1.48. The molecule has 4 bridgehead atoms. The van der Waals surface area contributed by atoms with Crippen molar-refractivity contribution in [2.75, 3.05) is 0 Å². The number of hydrogen-bond donors (Lipinski definition) is 0. The van der Waals surface area contributed by atoms with Gasteiger partial charge in [-0.3, -0.25) is 0 Å². The SMILES string of the molecule is c1ccc(-c2oc(-c3ccccc3)c3c2CCc2c4ccc(c2-3)CCc2ccc(cc2)CC4)cc1. The molecule has 1 heterocycles. The Kier molecular flexibility index (Phi) is 4.94. The first-order valence-electron chi connectivity index (χ1n) is 12.8. The van der Waals surface area contributed by atoms with Crippen molar-refractivity contribution in [3.8, 4) is 33.8 Å². The quantitative estimate of drug-likeness (QED) is 0.263. The maximum atomic E-state index is 6.81. The average molecular weight is 453 g/mol. The van der Waals surface area contributed by atoms with Gasteiger partial charge in [0.05, 0.1) is 0 Å². The van der Waals surface area contributed by atoms with Crippen LogP contribution in [0.15, 0.2) is 101 Å². The zero-order valence-electron chi connectivity index (χ0n) is 19.9. The highest BCUT2D eigenvalue weighted by molar-refractivity contribution is 5.92. The molecule has 5 aliphatic carbocycles. The van der Waals surface area contributed by atoms with E-state index in [9.17, 15) is 0 Å². The van der Waals surface area contributed by atoms with E-state index in [2.05, 4.69) is 97.1 Å².